The number of hydrogen-bond acceptors (Lipinski definition) is 5. The van der Waals surface area contributed by atoms with Crippen molar-refractivity contribution >= 4 is 34.0 Å². The van der Waals surface area contributed by atoms with Crippen molar-refractivity contribution in [2.45, 2.75) is 26.7 Å². The van der Waals surface area contributed by atoms with Gasteiger partial charge in [-0.2, -0.15) is 5.10 Å². The van der Waals surface area contributed by atoms with Crippen LogP contribution in [0.25, 0.3) is 10.6 Å². The van der Waals surface area contributed by atoms with Gasteiger partial charge >= 0.3 is 0 Å². The van der Waals surface area contributed by atoms with Crippen molar-refractivity contribution in [2.24, 2.45) is 5.10 Å². The van der Waals surface area contributed by atoms with Crippen molar-refractivity contribution in [1.82, 2.24) is 4.98 Å². The van der Waals surface area contributed by atoms with Crippen molar-refractivity contribution < 1.29 is 0 Å². The zero-order chi connectivity index (χ0) is 16.2. The number of hydrogen-bond donors (Lipinski definition) is 1. The highest BCUT2D eigenvalue weighted by molar-refractivity contribution is 7.17. The third-order valence-corrected chi connectivity index (χ3v) is 5.28. The number of aromatic nitrogens is 1. The van der Waals surface area contributed by atoms with Gasteiger partial charge in [0, 0.05) is 4.88 Å². The van der Waals surface area contributed by atoms with Gasteiger partial charge in [-0.1, -0.05) is 44.2 Å². The Morgan fingerprint density at radius 3 is 2.61 bits per heavy atom. The van der Waals surface area contributed by atoms with Gasteiger partial charge in [0.05, 0.1) is 16.8 Å². The molecule has 0 saturated heterocycles. The SMILES string of the molecule is Cc1sc(N/N=C\c2ccc(C(C)C)cc2)nc1-c1cccs1. The Kier molecular flexibility index (Phi) is 4.88. The highest BCUT2D eigenvalue weighted by atomic mass is 32.1. The van der Waals surface area contributed by atoms with Crippen LogP contribution in [0.5, 0.6) is 0 Å². The zero-order valence-electron chi connectivity index (χ0n) is 13.4. The lowest BCUT2D eigenvalue weighted by molar-refractivity contribution is 0.866. The van der Waals surface area contributed by atoms with Crippen LogP contribution in [0.3, 0.4) is 0 Å². The molecular formula is C18H19N3S2. The molecule has 0 fully saturated rings. The number of nitrogens with zero attached hydrogens (tertiary/aromatic N) is 2. The second-order valence-electron chi connectivity index (χ2n) is 5.59. The largest absolute Gasteiger partial charge is 0.253 e. The van der Waals surface area contributed by atoms with E-state index in [1.54, 1.807) is 22.7 Å². The van der Waals surface area contributed by atoms with Crippen molar-refractivity contribution in [3.63, 3.8) is 0 Å². The summed E-state index contributed by atoms with van der Waals surface area (Å²) < 4.78 is 0. The fourth-order valence-corrected chi connectivity index (χ4v) is 3.83. The van der Waals surface area contributed by atoms with Crippen LogP contribution in [0.1, 0.15) is 35.8 Å². The van der Waals surface area contributed by atoms with E-state index in [0.717, 1.165) is 16.4 Å². The van der Waals surface area contributed by atoms with E-state index in [4.69, 9.17) is 0 Å². The van der Waals surface area contributed by atoms with Crippen molar-refractivity contribution in [3.05, 3.63) is 57.8 Å². The van der Waals surface area contributed by atoms with E-state index < -0.39 is 0 Å². The van der Waals surface area contributed by atoms with E-state index in [1.807, 2.05) is 12.3 Å². The standard InChI is InChI=1S/C18H19N3S2/c1-12(2)15-8-6-14(7-9-15)11-19-21-18-20-17(13(3)23-18)16-5-4-10-22-16/h4-12H,1-3H3,(H,20,21)/b19-11-. The molecule has 0 aliphatic carbocycles. The molecule has 2 heterocycles. The lowest BCUT2D eigenvalue weighted by Gasteiger charge is -2.04. The highest BCUT2D eigenvalue weighted by Gasteiger charge is 2.09. The van der Waals surface area contributed by atoms with Gasteiger partial charge in [-0.05, 0) is 35.4 Å². The average Bonchev–Trinajstić information content (AvgIpc) is 3.17. The number of nitrogens with one attached hydrogen (secondary N) is 1. The minimum Gasteiger partial charge on any atom is -0.253 e. The maximum Gasteiger partial charge on any atom is 0.204 e. The van der Waals surface area contributed by atoms with Crippen LogP contribution < -0.4 is 5.43 Å². The third kappa shape index (κ3) is 3.86. The summed E-state index contributed by atoms with van der Waals surface area (Å²) in [6.45, 7) is 6.48. The summed E-state index contributed by atoms with van der Waals surface area (Å²) in [5.74, 6) is 0.549. The van der Waals surface area contributed by atoms with E-state index in [-0.39, 0.29) is 0 Å². The summed E-state index contributed by atoms with van der Waals surface area (Å²) >= 11 is 3.33. The number of benzene rings is 1. The second kappa shape index (κ2) is 7.06. The topological polar surface area (TPSA) is 37.3 Å². The van der Waals surface area contributed by atoms with Gasteiger partial charge in [-0.3, -0.25) is 5.43 Å². The fourth-order valence-electron chi connectivity index (χ4n) is 2.22. The van der Waals surface area contributed by atoms with Gasteiger partial charge < -0.3 is 0 Å². The lowest BCUT2D eigenvalue weighted by atomic mass is 10.0. The Balaban J connectivity index is 1.67. The number of hydrazone groups is 1. The molecule has 0 unspecified atom stereocenters. The number of aryl methyl sites for hydroxylation is 1. The van der Waals surface area contributed by atoms with E-state index >= 15 is 0 Å². The number of thiazole rings is 1. The summed E-state index contributed by atoms with van der Waals surface area (Å²) in [5, 5.41) is 7.19. The summed E-state index contributed by atoms with van der Waals surface area (Å²) in [4.78, 5) is 7.02. The Morgan fingerprint density at radius 1 is 1.17 bits per heavy atom. The third-order valence-electron chi connectivity index (χ3n) is 3.53. The van der Waals surface area contributed by atoms with Gasteiger partial charge in [-0.25, -0.2) is 4.98 Å². The van der Waals surface area contributed by atoms with E-state index in [2.05, 4.69) is 72.0 Å². The van der Waals surface area contributed by atoms with Crippen molar-refractivity contribution in [3.8, 4) is 10.6 Å². The predicted molar refractivity (Wildman–Crippen MR) is 102 cm³/mol. The van der Waals surface area contributed by atoms with Crippen molar-refractivity contribution in [1.29, 1.82) is 0 Å². The number of rotatable bonds is 5. The van der Waals surface area contributed by atoms with E-state index in [9.17, 15) is 0 Å². The minimum atomic E-state index is 0.549. The summed E-state index contributed by atoms with van der Waals surface area (Å²) in [6.07, 6.45) is 1.83. The molecule has 0 aliphatic heterocycles. The molecule has 3 rings (SSSR count). The minimum absolute atomic E-state index is 0.549. The van der Waals surface area contributed by atoms with Crippen LogP contribution in [-0.4, -0.2) is 11.2 Å². The molecule has 2 aromatic heterocycles. The maximum absolute atomic E-state index is 4.62. The summed E-state index contributed by atoms with van der Waals surface area (Å²) in [7, 11) is 0. The molecule has 0 saturated carbocycles. The molecule has 0 aliphatic rings. The molecule has 118 valence electrons. The van der Waals surface area contributed by atoms with Crippen LogP contribution in [-0.2, 0) is 0 Å². The quantitative estimate of drug-likeness (QED) is 0.474. The molecule has 0 radical (unpaired) electrons. The maximum atomic E-state index is 4.62. The van der Waals surface area contributed by atoms with Gasteiger partial charge in [0.2, 0.25) is 5.13 Å². The summed E-state index contributed by atoms with van der Waals surface area (Å²) in [6, 6.07) is 12.6. The second-order valence-corrected chi connectivity index (χ2v) is 7.74. The first-order chi connectivity index (χ1) is 11.1. The molecule has 0 bridgehead atoms. The molecule has 23 heavy (non-hydrogen) atoms. The smallest absolute Gasteiger partial charge is 0.204 e. The molecule has 1 aromatic carbocycles. The average molecular weight is 342 g/mol. The van der Waals surface area contributed by atoms with Crippen LogP contribution in [0.2, 0.25) is 0 Å². The van der Waals surface area contributed by atoms with Gasteiger partial charge in [0.1, 0.15) is 0 Å². The monoisotopic (exact) mass is 341 g/mol. The number of anilines is 1. The normalized spacial score (nSPS) is 11.5. The molecule has 3 nitrogen and oxygen atoms in total. The molecule has 0 amide bonds. The molecule has 3 aromatic rings. The lowest BCUT2D eigenvalue weighted by Crippen LogP contribution is -1.91. The molecule has 5 heteroatoms. The zero-order valence-corrected chi connectivity index (χ0v) is 15.0. The van der Waals surface area contributed by atoms with E-state index in [1.165, 1.54) is 15.3 Å². The Morgan fingerprint density at radius 2 is 1.96 bits per heavy atom. The first kappa shape index (κ1) is 15.9. The Bertz CT molecular complexity index is 784. The molecular weight excluding hydrogens is 322 g/mol. The van der Waals surface area contributed by atoms with Gasteiger partial charge in [0.25, 0.3) is 0 Å². The highest BCUT2D eigenvalue weighted by Crippen LogP contribution is 2.32. The first-order valence-electron chi connectivity index (χ1n) is 7.54. The van der Waals surface area contributed by atoms with Gasteiger partial charge in [0.15, 0.2) is 0 Å². The van der Waals surface area contributed by atoms with Crippen molar-refractivity contribution in [2.75, 3.05) is 5.43 Å². The Hall–Kier alpha value is -1.98. The first-order valence-corrected chi connectivity index (χ1v) is 9.23. The Labute approximate surface area is 144 Å². The van der Waals surface area contributed by atoms with Crippen LogP contribution in [0.15, 0.2) is 46.9 Å². The number of thiophene rings is 1. The van der Waals surface area contributed by atoms with Crippen LogP contribution in [0.4, 0.5) is 5.13 Å². The van der Waals surface area contributed by atoms with Crippen LogP contribution >= 0.6 is 22.7 Å². The molecule has 0 spiro atoms. The summed E-state index contributed by atoms with van der Waals surface area (Å²) in [5.41, 5.74) is 6.50. The predicted octanol–water partition coefficient (Wildman–Crippen LogP) is 5.75. The molecule has 0 atom stereocenters. The van der Waals surface area contributed by atoms with Crippen LogP contribution in [0, 0.1) is 6.92 Å². The van der Waals surface area contributed by atoms with E-state index in [0.29, 0.717) is 5.92 Å². The van der Waals surface area contributed by atoms with Gasteiger partial charge in [-0.15, -0.1) is 22.7 Å². The molecule has 1 N–H and O–H groups in total. The fraction of sp³-hybridized carbons (Fsp3) is 0.222.